The molecular weight excluding hydrogens is 264 g/mol. The quantitative estimate of drug-likeness (QED) is 0.410. The van der Waals surface area contributed by atoms with Crippen molar-refractivity contribution in [3.8, 4) is 0 Å². The van der Waals surface area contributed by atoms with E-state index in [0.29, 0.717) is 0 Å². The van der Waals surface area contributed by atoms with Crippen LogP contribution in [-0.4, -0.2) is 0 Å². The summed E-state index contributed by atoms with van der Waals surface area (Å²) in [7, 11) is 0. The van der Waals surface area contributed by atoms with Crippen molar-refractivity contribution >= 4 is 0 Å². The van der Waals surface area contributed by atoms with Crippen LogP contribution in [0.2, 0.25) is 0 Å². The first-order chi connectivity index (χ1) is 10.7. The van der Waals surface area contributed by atoms with Gasteiger partial charge >= 0.3 is 0 Å². The molecule has 0 saturated carbocycles. The Kier molecular flexibility index (Phi) is 10.4. The first-order valence-electron chi connectivity index (χ1n) is 6.93. The summed E-state index contributed by atoms with van der Waals surface area (Å²) in [5.74, 6) is 0. The van der Waals surface area contributed by atoms with Gasteiger partial charge in [0.25, 0.3) is 0 Å². The van der Waals surface area contributed by atoms with Crippen LogP contribution in [0, 0.1) is 0 Å². The fourth-order valence-electron chi connectivity index (χ4n) is 1.81. The van der Waals surface area contributed by atoms with Gasteiger partial charge in [-0.1, -0.05) is 112 Å². The normalized spacial score (nSPS) is 13.6. The third kappa shape index (κ3) is 6.06. The van der Waals surface area contributed by atoms with Crippen molar-refractivity contribution in [1.29, 1.82) is 0 Å². The van der Waals surface area contributed by atoms with Crippen LogP contribution in [0.1, 0.15) is 0 Å². The molecule has 0 radical (unpaired) electrons. The molecule has 0 amide bonds. The third-order valence-electron chi connectivity index (χ3n) is 2.77. The molecule has 0 N–H and O–H groups in total. The SMILES string of the molecule is C=C\C=C/C=C(C=C)/C(C=C)=C(C=C)/C(/C=C\C=C)=C\C=C. The van der Waals surface area contributed by atoms with Crippen LogP contribution in [0.5, 0.6) is 0 Å². The van der Waals surface area contributed by atoms with Gasteiger partial charge in [-0.2, -0.15) is 0 Å². The number of hydrogen-bond donors (Lipinski definition) is 0. The molecule has 0 heteroatoms. The van der Waals surface area contributed by atoms with E-state index >= 15 is 0 Å². The first kappa shape index (κ1) is 19.1. The van der Waals surface area contributed by atoms with Crippen molar-refractivity contribution in [2.75, 3.05) is 0 Å². The first-order valence-corrected chi connectivity index (χ1v) is 6.93. The Labute approximate surface area is 135 Å². The smallest absolute Gasteiger partial charge is 0.0112 e. The standard InChI is InChI=1S/C22H24/c1-7-13-15-18-19(10-4)21(11-5)22(12-6)20(16-9-3)17-14-8-2/h7-18H,1-6H2/b15-13-,17-14-,19-18+,20-16-,22-21+. The lowest BCUT2D eigenvalue weighted by Gasteiger charge is -2.11. The maximum Gasteiger partial charge on any atom is -0.0112 e. The predicted molar refractivity (Wildman–Crippen MR) is 103 cm³/mol. The predicted octanol–water partition coefficient (Wildman–Crippen LogP) is 6.36. The highest BCUT2D eigenvalue weighted by atomic mass is 14.1. The molecular formula is C22H24. The van der Waals surface area contributed by atoms with E-state index < -0.39 is 0 Å². The van der Waals surface area contributed by atoms with E-state index in [4.69, 9.17) is 0 Å². The second kappa shape index (κ2) is 11.9. The maximum absolute atomic E-state index is 3.92. The molecule has 0 aliphatic rings. The Morgan fingerprint density at radius 3 is 1.55 bits per heavy atom. The maximum atomic E-state index is 3.92. The Hall–Kier alpha value is -2.86. The largest absolute Gasteiger partial charge is 0.0991 e. The zero-order valence-electron chi connectivity index (χ0n) is 13.2. The van der Waals surface area contributed by atoms with Crippen LogP contribution >= 0.6 is 0 Å². The van der Waals surface area contributed by atoms with Crippen LogP contribution in [0.25, 0.3) is 0 Å². The lowest BCUT2D eigenvalue weighted by molar-refractivity contribution is 1.43. The summed E-state index contributed by atoms with van der Waals surface area (Å²) in [4.78, 5) is 0. The second-order valence-electron chi connectivity index (χ2n) is 4.13. The number of hydrogen-bond acceptors (Lipinski definition) is 0. The van der Waals surface area contributed by atoms with E-state index in [9.17, 15) is 0 Å². The summed E-state index contributed by atoms with van der Waals surface area (Å²) in [5.41, 5.74) is 3.82. The average Bonchev–Trinajstić information content (AvgIpc) is 2.54. The van der Waals surface area contributed by atoms with Gasteiger partial charge in [0.15, 0.2) is 0 Å². The third-order valence-corrected chi connectivity index (χ3v) is 2.77. The van der Waals surface area contributed by atoms with Crippen LogP contribution < -0.4 is 0 Å². The molecule has 0 fully saturated rings. The van der Waals surface area contributed by atoms with E-state index in [1.54, 1.807) is 36.5 Å². The van der Waals surface area contributed by atoms with Crippen molar-refractivity contribution in [2.24, 2.45) is 0 Å². The van der Waals surface area contributed by atoms with E-state index in [0.717, 1.165) is 22.3 Å². The minimum absolute atomic E-state index is 0.945. The summed E-state index contributed by atoms with van der Waals surface area (Å²) in [5, 5.41) is 0. The van der Waals surface area contributed by atoms with Gasteiger partial charge in [0, 0.05) is 0 Å². The van der Waals surface area contributed by atoms with Crippen LogP contribution in [0.15, 0.2) is 135 Å². The van der Waals surface area contributed by atoms with Gasteiger partial charge < -0.3 is 0 Å². The minimum Gasteiger partial charge on any atom is -0.0991 e. The summed E-state index contributed by atoms with van der Waals surface area (Å²) in [6, 6.07) is 0. The van der Waals surface area contributed by atoms with Crippen molar-refractivity contribution in [3.63, 3.8) is 0 Å². The molecule has 0 unspecified atom stereocenters. The van der Waals surface area contributed by atoms with Gasteiger partial charge in [0.05, 0.1) is 0 Å². The summed E-state index contributed by atoms with van der Waals surface area (Å²) in [6.07, 6.45) is 22.0. The Balaban J connectivity index is 6.26. The Morgan fingerprint density at radius 2 is 1.09 bits per heavy atom. The molecule has 0 aromatic rings. The molecule has 0 nitrogen and oxygen atoms in total. The Bertz CT molecular complexity index is 596. The van der Waals surface area contributed by atoms with E-state index in [-0.39, 0.29) is 0 Å². The highest BCUT2D eigenvalue weighted by Crippen LogP contribution is 2.25. The summed E-state index contributed by atoms with van der Waals surface area (Å²) < 4.78 is 0. The molecule has 0 rings (SSSR count). The van der Waals surface area contributed by atoms with Crippen molar-refractivity contribution in [1.82, 2.24) is 0 Å². The molecule has 0 heterocycles. The zero-order valence-corrected chi connectivity index (χ0v) is 13.2. The minimum atomic E-state index is 0.945. The van der Waals surface area contributed by atoms with Gasteiger partial charge in [0.1, 0.15) is 0 Å². The van der Waals surface area contributed by atoms with E-state index in [2.05, 4.69) is 39.5 Å². The fraction of sp³-hybridized carbons (Fsp3) is 0. The fourth-order valence-corrected chi connectivity index (χ4v) is 1.81. The van der Waals surface area contributed by atoms with Gasteiger partial charge in [0.2, 0.25) is 0 Å². The van der Waals surface area contributed by atoms with Gasteiger partial charge in [-0.15, -0.1) is 0 Å². The molecule has 0 aliphatic carbocycles. The van der Waals surface area contributed by atoms with Crippen molar-refractivity contribution in [2.45, 2.75) is 0 Å². The molecule has 0 bridgehead atoms. The Morgan fingerprint density at radius 1 is 0.500 bits per heavy atom. The summed E-state index contributed by atoms with van der Waals surface area (Å²) in [6.45, 7) is 22.8. The monoisotopic (exact) mass is 288 g/mol. The van der Waals surface area contributed by atoms with Crippen molar-refractivity contribution < 1.29 is 0 Å². The van der Waals surface area contributed by atoms with Crippen molar-refractivity contribution in [3.05, 3.63) is 135 Å². The molecule has 112 valence electrons. The molecule has 0 spiro atoms. The second-order valence-corrected chi connectivity index (χ2v) is 4.13. The lowest BCUT2D eigenvalue weighted by atomic mass is 9.93. The molecule has 0 aliphatic heterocycles. The topological polar surface area (TPSA) is 0 Å². The molecule has 0 aromatic carbocycles. The highest BCUT2D eigenvalue weighted by Gasteiger charge is 2.06. The molecule has 0 saturated heterocycles. The van der Waals surface area contributed by atoms with E-state index in [1.165, 1.54) is 0 Å². The van der Waals surface area contributed by atoms with E-state index in [1.807, 2.05) is 36.5 Å². The zero-order chi connectivity index (χ0) is 16.8. The molecule has 22 heavy (non-hydrogen) atoms. The van der Waals surface area contributed by atoms with Gasteiger partial charge in [-0.05, 0) is 22.3 Å². The van der Waals surface area contributed by atoms with Gasteiger partial charge in [-0.3, -0.25) is 0 Å². The molecule has 0 aromatic heterocycles. The number of allylic oxidation sites excluding steroid dienone is 16. The lowest BCUT2D eigenvalue weighted by Crippen LogP contribution is -1.93. The number of rotatable bonds is 10. The van der Waals surface area contributed by atoms with Crippen LogP contribution in [-0.2, 0) is 0 Å². The van der Waals surface area contributed by atoms with Crippen LogP contribution in [0.3, 0.4) is 0 Å². The average molecular weight is 288 g/mol. The summed E-state index contributed by atoms with van der Waals surface area (Å²) >= 11 is 0. The van der Waals surface area contributed by atoms with Crippen LogP contribution in [0.4, 0.5) is 0 Å². The van der Waals surface area contributed by atoms with Gasteiger partial charge in [-0.25, -0.2) is 0 Å². The highest BCUT2D eigenvalue weighted by molar-refractivity contribution is 5.61. The molecule has 0 atom stereocenters.